The highest BCUT2D eigenvalue weighted by Crippen LogP contribution is 2.40. The van der Waals surface area contributed by atoms with Crippen LogP contribution in [-0.4, -0.2) is 16.2 Å². The van der Waals surface area contributed by atoms with Crippen LogP contribution in [0.15, 0.2) is 170 Å². The summed E-state index contributed by atoms with van der Waals surface area (Å²) in [6, 6.07) is 61.3. The number of rotatable bonds is 5. The van der Waals surface area contributed by atoms with Crippen LogP contribution in [0.5, 0.6) is 0 Å². The number of nitrogens with zero attached hydrogens (tertiary/aromatic N) is 3. The van der Waals surface area contributed by atoms with Crippen molar-refractivity contribution in [2.75, 3.05) is 11.9 Å². The Kier molecular flexibility index (Phi) is 6.04. The van der Waals surface area contributed by atoms with E-state index in [1.54, 1.807) is 0 Å². The molecule has 0 aliphatic heterocycles. The van der Waals surface area contributed by atoms with E-state index in [1.165, 1.54) is 54.7 Å². The summed E-state index contributed by atoms with van der Waals surface area (Å²) in [6.07, 6.45) is 0. The van der Waals surface area contributed by atoms with Crippen LogP contribution in [0, 0.1) is 0 Å². The third kappa shape index (κ3) is 4.06. The van der Waals surface area contributed by atoms with Crippen LogP contribution < -0.4 is 4.90 Å². The molecule has 0 amide bonds. The molecule has 0 atom stereocenters. The first-order valence-corrected chi connectivity index (χ1v) is 15.8. The van der Waals surface area contributed by atoms with Gasteiger partial charge in [0.2, 0.25) is 0 Å². The molecule has 3 heteroatoms. The molecule has 0 N–H and O–H groups in total. The van der Waals surface area contributed by atoms with E-state index in [0.717, 1.165) is 22.7 Å². The number of aromatic nitrogens is 2. The fourth-order valence-corrected chi connectivity index (χ4v) is 7.20. The molecule has 0 bridgehead atoms. The maximum Gasteiger partial charge on any atom is 0.0541 e. The van der Waals surface area contributed by atoms with E-state index >= 15 is 0 Å². The van der Waals surface area contributed by atoms with Gasteiger partial charge in [0.25, 0.3) is 0 Å². The molecule has 0 aliphatic carbocycles. The van der Waals surface area contributed by atoms with Crippen molar-refractivity contribution in [3.63, 3.8) is 0 Å². The van der Waals surface area contributed by atoms with E-state index in [1.807, 2.05) is 0 Å². The lowest BCUT2D eigenvalue weighted by Crippen LogP contribution is -2.12. The lowest BCUT2D eigenvalue weighted by Gasteiger charge is -2.25. The summed E-state index contributed by atoms with van der Waals surface area (Å²) in [5.74, 6) is 0. The first-order chi connectivity index (χ1) is 22.8. The number of benzene rings is 7. The quantitative estimate of drug-likeness (QED) is 0.195. The molecule has 2 heterocycles. The molecule has 0 spiro atoms. The van der Waals surface area contributed by atoms with Gasteiger partial charge in [0.05, 0.1) is 33.4 Å². The predicted octanol–water partition coefficient (Wildman–Crippen LogP) is 11.3. The fraction of sp³-hybridized carbons (Fsp3) is 0.0233. The van der Waals surface area contributed by atoms with Gasteiger partial charge in [0, 0.05) is 45.5 Å². The second-order valence-corrected chi connectivity index (χ2v) is 11.9. The highest BCUT2D eigenvalue weighted by atomic mass is 15.1. The zero-order valence-corrected chi connectivity index (χ0v) is 25.5. The number of hydrogen-bond acceptors (Lipinski definition) is 1. The van der Waals surface area contributed by atoms with Crippen molar-refractivity contribution in [2.45, 2.75) is 0 Å². The van der Waals surface area contributed by atoms with Gasteiger partial charge in [0.1, 0.15) is 0 Å². The third-order valence-corrected chi connectivity index (χ3v) is 9.30. The zero-order chi connectivity index (χ0) is 30.6. The number of hydrogen-bond donors (Lipinski definition) is 0. The monoisotopic (exact) mass is 589 g/mol. The highest BCUT2D eigenvalue weighted by Gasteiger charge is 2.19. The topological polar surface area (TPSA) is 13.1 Å². The van der Waals surface area contributed by atoms with Crippen LogP contribution in [0.3, 0.4) is 0 Å². The smallest absolute Gasteiger partial charge is 0.0541 e. The molecule has 9 rings (SSSR count). The first kappa shape index (κ1) is 26.4. The van der Waals surface area contributed by atoms with Crippen LogP contribution in [0.1, 0.15) is 0 Å². The molecule has 2 aromatic heterocycles. The molecular formula is C43H31N3. The van der Waals surface area contributed by atoms with Gasteiger partial charge in [-0.2, -0.15) is 0 Å². The average molecular weight is 590 g/mol. The van der Waals surface area contributed by atoms with Crippen molar-refractivity contribution in [1.29, 1.82) is 0 Å². The van der Waals surface area contributed by atoms with E-state index in [9.17, 15) is 0 Å². The summed E-state index contributed by atoms with van der Waals surface area (Å²) in [6.45, 7) is 0. The van der Waals surface area contributed by atoms with E-state index < -0.39 is 0 Å². The third-order valence-electron chi connectivity index (χ3n) is 9.30. The second-order valence-electron chi connectivity index (χ2n) is 11.9. The van der Waals surface area contributed by atoms with Crippen LogP contribution in [0.25, 0.3) is 66.1 Å². The summed E-state index contributed by atoms with van der Waals surface area (Å²) < 4.78 is 4.84. The predicted molar refractivity (Wildman–Crippen MR) is 195 cm³/mol. The minimum Gasteiger partial charge on any atom is -0.344 e. The largest absolute Gasteiger partial charge is 0.344 e. The minimum atomic E-state index is 1.11. The van der Waals surface area contributed by atoms with Crippen LogP contribution in [-0.2, 0) is 0 Å². The second kappa shape index (κ2) is 10.5. The van der Waals surface area contributed by atoms with Gasteiger partial charge in [-0.3, -0.25) is 0 Å². The van der Waals surface area contributed by atoms with Crippen molar-refractivity contribution in [3.05, 3.63) is 170 Å². The Morgan fingerprint density at radius 1 is 0.391 bits per heavy atom. The van der Waals surface area contributed by atoms with Gasteiger partial charge in [-0.1, -0.05) is 121 Å². The molecule has 0 saturated carbocycles. The molecule has 0 radical (unpaired) electrons. The Hall–Kier alpha value is -6.06. The molecule has 0 aliphatic rings. The van der Waals surface area contributed by atoms with Crippen LogP contribution >= 0.6 is 0 Å². The van der Waals surface area contributed by atoms with Crippen molar-refractivity contribution in [1.82, 2.24) is 9.13 Å². The number of para-hydroxylation sites is 5. The van der Waals surface area contributed by atoms with E-state index in [4.69, 9.17) is 0 Å². The van der Waals surface area contributed by atoms with Crippen molar-refractivity contribution >= 4 is 55.0 Å². The summed E-state index contributed by atoms with van der Waals surface area (Å²) in [4.78, 5) is 2.33. The van der Waals surface area contributed by atoms with E-state index in [2.05, 4.69) is 191 Å². The van der Waals surface area contributed by atoms with Gasteiger partial charge in [0.15, 0.2) is 0 Å². The molecule has 0 unspecified atom stereocenters. The van der Waals surface area contributed by atoms with Crippen molar-refractivity contribution < 1.29 is 0 Å². The molecule has 7 aromatic carbocycles. The fourth-order valence-electron chi connectivity index (χ4n) is 7.20. The summed E-state index contributed by atoms with van der Waals surface area (Å²) in [5.41, 5.74) is 11.7. The van der Waals surface area contributed by atoms with E-state index in [-0.39, 0.29) is 0 Å². The molecule has 46 heavy (non-hydrogen) atoms. The maximum atomic E-state index is 2.42. The van der Waals surface area contributed by atoms with Crippen molar-refractivity contribution in [2.24, 2.45) is 0 Å². The zero-order valence-electron chi connectivity index (χ0n) is 25.5. The molecule has 0 fully saturated rings. The Morgan fingerprint density at radius 3 is 1.26 bits per heavy atom. The van der Waals surface area contributed by atoms with Gasteiger partial charge < -0.3 is 14.0 Å². The van der Waals surface area contributed by atoms with Crippen LogP contribution in [0.2, 0.25) is 0 Å². The Balaban J connectivity index is 1.36. The minimum absolute atomic E-state index is 1.11. The van der Waals surface area contributed by atoms with Crippen LogP contribution in [0.4, 0.5) is 11.4 Å². The van der Waals surface area contributed by atoms with Gasteiger partial charge in [-0.15, -0.1) is 0 Å². The Morgan fingerprint density at radius 2 is 0.783 bits per heavy atom. The first-order valence-electron chi connectivity index (χ1n) is 15.8. The normalized spacial score (nSPS) is 11.6. The molecule has 218 valence electrons. The molecular weight excluding hydrogens is 558 g/mol. The number of fused-ring (bicyclic) bond motifs is 6. The summed E-state index contributed by atoms with van der Waals surface area (Å²) >= 11 is 0. The lowest BCUT2D eigenvalue weighted by atomic mass is 10.0. The van der Waals surface area contributed by atoms with Gasteiger partial charge >= 0.3 is 0 Å². The molecule has 0 saturated heterocycles. The summed E-state index contributed by atoms with van der Waals surface area (Å²) in [5, 5.41) is 5.02. The average Bonchev–Trinajstić information content (AvgIpc) is 3.65. The van der Waals surface area contributed by atoms with Gasteiger partial charge in [-0.05, 0) is 54.1 Å². The Bertz CT molecular complexity index is 2310. The van der Waals surface area contributed by atoms with Crippen molar-refractivity contribution in [3.8, 4) is 22.5 Å². The maximum absolute atomic E-state index is 2.42. The molecule has 9 aromatic rings. The van der Waals surface area contributed by atoms with E-state index in [0.29, 0.717) is 0 Å². The standard InChI is InChI=1S/C43H31N3/c1-44(39-22-10-5-17-34(39)30-15-3-2-4-16-30)31-27-32(45-40-23-11-6-18-35(40)36-19-7-12-24-41(36)45)29-33(28-31)46-42-25-13-8-20-37(42)38-21-9-14-26-43(38)46/h2-29H,1H3. The summed E-state index contributed by atoms with van der Waals surface area (Å²) in [7, 11) is 2.18. The van der Waals surface area contributed by atoms with Gasteiger partial charge in [-0.25, -0.2) is 0 Å². The molecule has 3 nitrogen and oxygen atoms in total. The lowest BCUT2D eigenvalue weighted by molar-refractivity contribution is 1.11. The number of anilines is 2. The SMILES string of the molecule is CN(c1cc(-n2c3ccccc3c3ccccc32)cc(-n2c3ccccc3c3ccccc32)c1)c1ccccc1-c1ccccc1. The highest BCUT2D eigenvalue weighted by molar-refractivity contribution is 6.10. The Labute approximate surface area is 267 Å².